The van der Waals surface area contributed by atoms with Crippen molar-refractivity contribution in [3.05, 3.63) is 10.6 Å². The summed E-state index contributed by atoms with van der Waals surface area (Å²) in [5.41, 5.74) is 0.816. The number of nitrogens with one attached hydrogen (secondary N) is 2. The van der Waals surface area contributed by atoms with Gasteiger partial charge in [0.25, 0.3) is 0 Å². The van der Waals surface area contributed by atoms with Crippen LogP contribution in [0.25, 0.3) is 0 Å². The average molecular weight is 311 g/mol. The largest absolute Gasteiger partial charge is 0.465 e. The molecular weight excluding hydrogens is 290 g/mol. The van der Waals surface area contributed by atoms with Gasteiger partial charge in [0.15, 0.2) is 5.13 Å². The highest BCUT2D eigenvalue weighted by atomic mass is 32.1. The van der Waals surface area contributed by atoms with Crippen LogP contribution in [0.4, 0.5) is 5.13 Å². The van der Waals surface area contributed by atoms with E-state index in [9.17, 15) is 9.59 Å². The highest BCUT2D eigenvalue weighted by Crippen LogP contribution is 2.37. The van der Waals surface area contributed by atoms with Gasteiger partial charge in [-0.05, 0) is 33.1 Å². The lowest BCUT2D eigenvalue weighted by atomic mass is 9.91. The number of ether oxygens (including phenoxy) is 1. The lowest BCUT2D eigenvalue weighted by Gasteiger charge is -2.19. The van der Waals surface area contributed by atoms with E-state index in [0.717, 1.165) is 29.8 Å². The standard InChI is InChI=1S/C14H21N3O3S/c1-4-20-13(19)9-6-5-7-10-11(9)17-14(21-10)16-8(2)12(18)15-3/h8-9H,4-7H2,1-3H3,(H,15,18)(H,16,17). The van der Waals surface area contributed by atoms with E-state index < -0.39 is 0 Å². The molecule has 0 saturated heterocycles. The molecule has 2 N–H and O–H groups in total. The number of hydrogen-bond acceptors (Lipinski definition) is 6. The van der Waals surface area contributed by atoms with Gasteiger partial charge in [0, 0.05) is 11.9 Å². The Morgan fingerprint density at radius 3 is 2.95 bits per heavy atom. The molecule has 7 heteroatoms. The number of likely N-dealkylation sites (N-methyl/N-ethyl adjacent to an activating group) is 1. The summed E-state index contributed by atoms with van der Waals surface area (Å²) in [6.45, 7) is 3.97. The fourth-order valence-corrected chi connectivity index (χ4v) is 3.57. The van der Waals surface area contributed by atoms with Crippen LogP contribution in [-0.4, -0.2) is 36.6 Å². The summed E-state index contributed by atoms with van der Waals surface area (Å²) < 4.78 is 5.13. The minimum atomic E-state index is -0.358. The lowest BCUT2D eigenvalue weighted by molar-refractivity contribution is -0.145. The van der Waals surface area contributed by atoms with Crippen LogP contribution in [0.2, 0.25) is 0 Å². The summed E-state index contributed by atoms with van der Waals surface area (Å²) in [6, 6.07) is -0.358. The Balaban J connectivity index is 2.15. The van der Waals surface area contributed by atoms with Gasteiger partial charge in [0.1, 0.15) is 12.0 Å². The molecule has 0 aromatic carbocycles. The Morgan fingerprint density at radius 1 is 1.52 bits per heavy atom. The van der Waals surface area contributed by atoms with Gasteiger partial charge >= 0.3 is 5.97 Å². The fraction of sp³-hybridized carbons (Fsp3) is 0.643. The molecular formula is C14H21N3O3S. The highest BCUT2D eigenvalue weighted by molar-refractivity contribution is 7.15. The predicted molar refractivity (Wildman–Crippen MR) is 81.6 cm³/mol. The van der Waals surface area contributed by atoms with E-state index in [1.165, 1.54) is 11.3 Å². The van der Waals surface area contributed by atoms with E-state index in [-0.39, 0.29) is 23.8 Å². The van der Waals surface area contributed by atoms with Crippen LogP contribution in [0.1, 0.15) is 43.2 Å². The van der Waals surface area contributed by atoms with E-state index in [1.54, 1.807) is 20.9 Å². The summed E-state index contributed by atoms with van der Waals surface area (Å²) in [6.07, 6.45) is 2.67. The molecule has 2 unspecified atom stereocenters. The molecule has 0 saturated carbocycles. The Hall–Kier alpha value is -1.63. The van der Waals surface area contributed by atoms with Crippen molar-refractivity contribution in [3.63, 3.8) is 0 Å². The van der Waals surface area contributed by atoms with Gasteiger partial charge in [-0.1, -0.05) is 0 Å². The number of hydrogen-bond donors (Lipinski definition) is 2. The maximum absolute atomic E-state index is 12.0. The number of aromatic nitrogens is 1. The van der Waals surface area contributed by atoms with E-state index in [4.69, 9.17) is 4.74 Å². The molecule has 2 atom stereocenters. The summed E-state index contributed by atoms with van der Waals surface area (Å²) >= 11 is 1.52. The monoisotopic (exact) mass is 311 g/mol. The highest BCUT2D eigenvalue weighted by Gasteiger charge is 2.31. The second-order valence-corrected chi connectivity index (χ2v) is 6.09. The molecule has 1 aromatic heterocycles. The lowest BCUT2D eigenvalue weighted by Crippen LogP contribution is -2.35. The molecule has 1 aliphatic carbocycles. The van der Waals surface area contributed by atoms with Crippen molar-refractivity contribution in [1.29, 1.82) is 0 Å². The minimum Gasteiger partial charge on any atom is -0.465 e. The Labute approximate surface area is 128 Å². The van der Waals surface area contributed by atoms with Crippen LogP contribution in [0.5, 0.6) is 0 Å². The molecule has 6 nitrogen and oxygen atoms in total. The Kier molecular flexibility index (Phi) is 5.17. The molecule has 0 aliphatic heterocycles. The normalized spacial score (nSPS) is 18.5. The second-order valence-electron chi connectivity index (χ2n) is 5.00. The third kappa shape index (κ3) is 3.53. The van der Waals surface area contributed by atoms with Crippen LogP contribution in [0, 0.1) is 0 Å². The van der Waals surface area contributed by atoms with Crippen LogP contribution in [-0.2, 0) is 20.7 Å². The molecule has 1 amide bonds. The van der Waals surface area contributed by atoms with Crippen molar-refractivity contribution in [3.8, 4) is 0 Å². The van der Waals surface area contributed by atoms with Gasteiger partial charge in [-0.2, -0.15) is 0 Å². The van der Waals surface area contributed by atoms with Crippen molar-refractivity contribution < 1.29 is 14.3 Å². The van der Waals surface area contributed by atoms with E-state index in [2.05, 4.69) is 15.6 Å². The zero-order chi connectivity index (χ0) is 15.4. The first-order valence-electron chi connectivity index (χ1n) is 7.21. The number of rotatable bonds is 5. The van der Waals surface area contributed by atoms with Crippen LogP contribution >= 0.6 is 11.3 Å². The molecule has 1 aromatic rings. The number of fused-ring (bicyclic) bond motifs is 1. The molecule has 1 aliphatic rings. The van der Waals surface area contributed by atoms with Crippen molar-refractivity contribution >= 4 is 28.3 Å². The number of nitrogens with zero attached hydrogens (tertiary/aromatic N) is 1. The number of thiazole rings is 1. The Morgan fingerprint density at radius 2 is 2.29 bits per heavy atom. The van der Waals surface area contributed by atoms with Gasteiger partial charge in [0.05, 0.1) is 12.3 Å². The maximum Gasteiger partial charge on any atom is 0.315 e. The van der Waals surface area contributed by atoms with Crippen LogP contribution in [0.3, 0.4) is 0 Å². The van der Waals surface area contributed by atoms with Gasteiger partial charge in [0.2, 0.25) is 5.91 Å². The van der Waals surface area contributed by atoms with Crippen molar-refractivity contribution in [2.75, 3.05) is 19.0 Å². The topological polar surface area (TPSA) is 80.3 Å². The summed E-state index contributed by atoms with van der Waals surface area (Å²) in [7, 11) is 1.60. The first-order chi connectivity index (χ1) is 10.1. The number of aryl methyl sites for hydroxylation is 1. The first-order valence-corrected chi connectivity index (χ1v) is 8.02. The zero-order valence-corrected chi connectivity index (χ0v) is 13.4. The molecule has 0 fully saturated rings. The number of anilines is 1. The Bertz CT molecular complexity index is 530. The number of esters is 1. The van der Waals surface area contributed by atoms with Crippen molar-refractivity contribution in [2.45, 2.75) is 45.1 Å². The summed E-state index contributed by atoms with van der Waals surface area (Å²) in [5, 5.41) is 6.36. The summed E-state index contributed by atoms with van der Waals surface area (Å²) in [4.78, 5) is 29.2. The minimum absolute atomic E-state index is 0.0925. The number of amides is 1. The van der Waals surface area contributed by atoms with E-state index in [0.29, 0.717) is 11.7 Å². The third-order valence-electron chi connectivity index (χ3n) is 3.51. The molecule has 2 rings (SSSR count). The van der Waals surface area contributed by atoms with Gasteiger partial charge in [-0.15, -0.1) is 11.3 Å². The van der Waals surface area contributed by atoms with Crippen LogP contribution in [0.15, 0.2) is 0 Å². The molecule has 0 bridgehead atoms. The predicted octanol–water partition coefficient (Wildman–Crippen LogP) is 1.67. The molecule has 1 heterocycles. The molecule has 0 radical (unpaired) electrons. The SMILES string of the molecule is CCOC(=O)C1CCCc2sc(NC(C)C(=O)NC)nc21. The van der Waals surface area contributed by atoms with Gasteiger partial charge in [-0.25, -0.2) is 4.98 Å². The molecule has 0 spiro atoms. The zero-order valence-electron chi connectivity index (χ0n) is 12.6. The molecule has 116 valence electrons. The van der Waals surface area contributed by atoms with Crippen molar-refractivity contribution in [2.24, 2.45) is 0 Å². The maximum atomic E-state index is 12.0. The van der Waals surface area contributed by atoms with Gasteiger partial charge in [-0.3, -0.25) is 9.59 Å². The number of carbonyl (C=O) groups is 2. The summed E-state index contributed by atoms with van der Waals surface area (Å²) in [5.74, 6) is -0.560. The van der Waals surface area contributed by atoms with Crippen LogP contribution < -0.4 is 10.6 Å². The van der Waals surface area contributed by atoms with Crippen molar-refractivity contribution in [1.82, 2.24) is 10.3 Å². The fourth-order valence-electron chi connectivity index (χ4n) is 2.42. The first kappa shape index (κ1) is 15.8. The number of carbonyl (C=O) groups excluding carboxylic acids is 2. The second kappa shape index (κ2) is 6.89. The van der Waals surface area contributed by atoms with E-state index in [1.807, 2.05) is 0 Å². The third-order valence-corrected chi connectivity index (χ3v) is 4.57. The molecule has 21 heavy (non-hydrogen) atoms. The smallest absolute Gasteiger partial charge is 0.315 e. The van der Waals surface area contributed by atoms with Gasteiger partial charge < -0.3 is 15.4 Å². The van der Waals surface area contributed by atoms with E-state index >= 15 is 0 Å². The quantitative estimate of drug-likeness (QED) is 0.809. The average Bonchev–Trinajstić information content (AvgIpc) is 2.88.